The maximum absolute atomic E-state index is 10.6. The first-order chi connectivity index (χ1) is 9.56. The van der Waals surface area contributed by atoms with Crippen molar-refractivity contribution in [3.8, 4) is 11.5 Å². The van der Waals surface area contributed by atoms with E-state index in [-0.39, 0.29) is 17.2 Å². The van der Waals surface area contributed by atoms with Crippen molar-refractivity contribution in [1.82, 2.24) is 0 Å². The van der Waals surface area contributed by atoms with Gasteiger partial charge >= 0.3 is 0 Å². The summed E-state index contributed by atoms with van der Waals surface area (Å²) in [4.78, 5) is 10.1. The Morgan fingerprint density at radius 1 is 1.20 bits per heavy atom. The van der Waals surface area contributed by atoms with Gasteiger partial charge in [0.25, 0.3) is 5.69 Å². The third-order valence-corrected chi connectivity index (χ3v) is 2.47. The van der Waals surface area contributed by atoms with Crippen LogP contribution in [0, 0.1) is 10.1 Å². The van der Waals surface area contributed by atoms with Crippen LogP contribution in [0.2, 0.25) is 0 Å². The molecule has 0 aliphatic heterocycles. The molecule has 0 saturated heterocycles. The standard InChI is InChI=1S/C13H11N3O4/c17-12-5-4-9(13(18)7-12)8-14-15-10-2-1-3-11(6-10)16(19)20/h1-8,15,17-18H/b14-8+. The number of nitrogens with one attached hydrogen (secondary N) is 1. The van der Waals surface area contributed by atoms with Crippen LogP contribution in [0.15, 0.2) is 47.6 Å². The van der Waals surface area contributed by atoms with E-state index in [1.165, 1.54) is 42.6 Å². The van der Waals surface area contributed by atoms with Gasteiger partial charge in [-0.25, -0.2) is 0 Å². The van der Waals surface area contributed by atoms with E-state index in [2.05, 4.69) is 10.5 Å². The number of nitro benzene ring substituents is 1. The predicted molar refractivity (Wildman–Crippen MR) is 74.1 cm³/mol. The lowest BCUT2D eigenvalue weighted by Gasteiger charge is -2.01. The van der Waals surface area contributed by atoms with Crippen LogP contribution < -0.4 is 5.43 Å². The predicted octanol–water partition coefficient (Wildman–Crippen LogP) is 2.45. The second kappa shape index (κ2) is 5.70. The molecule has 0 fully saturated rings. The summed E-state index contributed by atoms with van der Waals surface area (Å²) in [5, 5.41) is 33.1. The summed E-state index contributed by atoms with van der Waals surface area (Å²) in [7, 11) is 0. The van der Waals surface area contributed by atoms with Crippen molar-refractivity contribution in [3.05, 3.63) is 58.1 Å². The van der Waals surface area contributed by atoms with E-state index in [1.807, 2.05) is 0 Å². The van der Waals surface area contributed by atoms with E-state index in [0.29, 0.717) is 11.3 Å². The highest BCUT2D eigenvalue weighted by Gasteiger charge is 2.04. The minimum Gasteiger partial charge on any atom is -0.508 e. The lowest BCUT2D eigenvalue weighted by molar-refractivity contribution is -0.384. The van der Waals surface area contributed by atoms with Gasteiger partial charge < -0.3 is 10.2 Å². The summed E-state index contributed by atoms with van der Waals surface area (Å²) in [5.74, 6) is -0.166. The Kier molecular flexibility index (Phi) is 3.80. The van der Waals surface area contributed by atoms with Crippen LogP contribution in [-0.4, -0.2) is 21.4 Å². The van der Waals surface area contributed by atoms with E-state index in [0.717, 1.165) is 0 Å². The molecule has 2 rings (SSSR count). The fourth-order valence-corrected chi connectivity index (χ4v) is 1.51. The summed E-state index contributed by atoms with van der Waals surface area (Å²) in [6.07, 6.45) is 1.34. The number of phenolic OH excluding ortho intramolecular Hbond substituents is 2. The Hall–Kier alpha value is -3.09. The molecule has 0 aliphatic rings. The molecule has 0 aromatic heterocycles. The van der Waals surface area contributed by atoms with E-state index in [9.17, 15) is 15.2 Å². The highest BCUT2D eigenvalue weighted by Crippen LogP contribution is 2.21. The first kappa shape index (κ1) is 13.3. The zero-order chi connectivity index (χ0) is 14.5. The molecule has 3 N–H and O–H groups in total. The molecular weight excluding hydrogens is 262 g/mol. The molecular formula is C13H11N3O4. The number of benzene rings is 2. The molecule has 2 aromatic carbocycles. The molecule has 0 aliphatic carbocycles. The van der Waals surface area contributed by atoms with Crippen LogP contribution in [0.1, 0.15) is 5.56 Å². The second-order valence-electron chi connectivity index (χ2n) is 3.92. The number of hydrazone groups is 1. The molecule has 0 amide bonds. The SMILES string of the molecule is O=[N+]([O-])c1cccc(N/N=C/c2ccc(O)cc2O)c1. The monoisotopic (exact) mass is 273 g/mol. The molecule has 0 heterocycles. The van der Waals surface area contributed by atoms with Gasteiger partial charge in [-0.3, -0.25) is 15.5 Å². The zero-order valence-corrected chi connectivity index (χ0v) is 10.2. The van der Waals surface area contributed by atoms with Gasteiger partial charge in [-0.05, 0) is 18.2 Å². The molecule has 2 aromatic rings. The number of hydrogen-bond acceptors (Lipinski definition) is 6. The average Bonchev–Trinajstić information content (AvgIpc) is 2.41. The van der Waals surface area contributed by atoms with Crippen molar-refractivity contribution in [2.45, 2.75) is 0 Å². The molecule has 7 heteroatoms. The minimum absolute atomic E-state index is 0.0438. The lowest BCUT2D eigenvalue weighted by Crippen LogP contribution is -1.93. The van der Waals surface area contributed by atoms with Crippen molar-refractivity contribution in [2.24, 2.45) is 5.10 Å². The summed E-state index contributed by atoms with van der Waals surface area (Å²) in [6, 6.07) is 9.97. The second-order valence-corrected chi connectivity index (χ2v) is 3.92. The highest BCUT2D eigenvalue weighted by molar-refractivity contribution is 5.84. The molecule has 0 spiro atoms. The molecule has 7 nitrogen and oxygen atoms in total. The maximum Gasteiger partial charge on any atom is 0.271 e. The molecule has 0 unspecified atom stereocenters. The molecule has 0 bridgehead atoms. The number of anilines is 1. The summed E-state index contributed by atoms with van der Waals surface area (Å²) in [5.41, 5.74) is 3.43. The van der Waals surface area contributed by atoms with Gasteiger partial charge in [0.05, 0.1) is 16.8 Å². The first-order valence-electron chi connectivity index (χ1n) is 5.62. The van der Waals surface area contributed by atoms with E-state index in [1.54, 1.807) is 6.07 Å². The largest absolute Gasteiger partial charge is 0.508 e. The van der Waals surface area contributed by atoms with Crippen molar-refractivity contribution in [3.63, 3.8) is 0 Å². The Bertz CT molecular complexity index is 670. The highest BCUT2D eigenvalue weighted by atomic mass is 16.6. The number of phenols is 2. The quantitative estimate of drug-likeness (QED) is 0.450. The van der Waals surface area contributed by atoms with Crippen LogP contribution in [0.4, 0.5) is 11.4 Å². The third-order valence-electron chi connectivity index (χ3n) is 2.47. The van der Waals surface area contributed by atoms with Crippen molar-refractivity contribution < 1.29 is 15.1 Å². The summed E-state index contributed by atoms with van der Waals surface area (Å²) in [6.45, 7) is 0. The number of hydrogen-bond donors (Lipinski definition) is 3. The molecule has 102 valence electrons. The minimum atomic E-state index is -0.499. The molecule has 20 heavy (non-hydrogen) atoms. The zero-order valence-electron chi connectivity index (χ0n) is 10.2. The molecule has 0 saturated carbocycles. The van der Waals surface area contributed by atoms with Gasteiger partial charge in [0, 0.05) is 23.8 Å². The number of nitrogens with zero attached hydrogens (tertiary/aromatic N) is 2. The third kappa shape index (κ3) is 3.22. The Morgan fingerprint density at radius 2 is 2.00 bits per heavy atom. The first-order valence-corrected chi connectivity index (χ1v) is 5.62. The maximum atomic E-state index is 10.6. The average molecular weight is 273 g/mol. The van der Waals surface area contributed by atoms with Gasteiger partial charge in [0.15, 0.2) is 0 Å². The number of aromatic hydroxyl groups is 2. The Balaban J connectivity index is 2.10. The Labute approximate surface area is 114 Å². The van der Waals surface area contributed by atoms with Crippen LogP contribution >= 0.6 is 0 Å². The Morgan fingerprint density at radius 3 is 2.70 bits per heavy atom. The van der Waals surface area contributed by atoms with Crippen LogP contribution in [0.5, 0.6) is 11.5 Å². The van der Waals surface area contributed by atoms with Crippen molar-refractivity contribution >= 4 is 17.6 Å². The van der Waals surface area contributed by atoms with E-state index in [4.69, 9.17) is 5.11 Å². The fraction of sp³-hybridized carbons (Fsp3) is 0. The molecule has 0 radical (unpaired) electrons. The number of rotatable bonds is 4. The van der Waals surface area contributed by atoms with Gasteiger partial charge in [0.1, 0.15) is 11.5 Å². The van der Waals surface area contributed by atoms with Gasteiger partial charge in [-0.2, -0.15) is 5.10 Å². The number of non-ortho nitro benzene ring substituents is 1. The summed E-state index contributed by atoms with van der Waals surface area (Å²) >= 11 is 0. The fourth-order valence-electron chi connectivity index (χ4n) is 1.51. The molecule has 0 atom stereocenters. The van der Waals surface area contributed by atoms with Crippen molar-refractivity contribution in [2.75, 3.05) is 5.43 Å². The van der Waals surface area contributed by atoms with Crippen LogP contribution in [-0.2, 0) is 0 Å². The van der Waals surface area contributed by atoms with E-state index < -0.39 is 4.92 Å². The van der Waals surface area contributed by atoms with Crippen LogP contribution in [0.25, 0.3) is 0 Å². The van der Waals surface area contributed by atoms with Crippen molar-refractivity contribution in [1.29, 1.82) is 0 Å². The van der Waals surface area contributed by atoms with Gasteiger partial charge in [0.2, 0.25) is 0 Å². The normalized spacial score (nSPS) is 10.6. The smallest absolute Gasteiger partial charge is 0.271 e. The summed E-state index contributed by atoms with van der Waals surface area (Å²) < 4.78 is 0. The lowest BCUT2D eigenvalue weighted by atomic mass is 10.2. The van der Waals surface area contributed by atoms with Crippen LogP contribution in [0.3, 0.4) is 0 Å². The topological polar surface area (TPSA) is 108 Å². The van der Waals surface area contributed by atoms with E-state index >= 15 is 0 Å². The number of nitro groups is 1. The van der Waals surface area contributed by atoms with Gasteiger partial charge in [-0.1, -0.05) is 6.07 Å². The van der Waals surface area contributed by atoms with Gasteiger partial charge in [-0.15, -0.1) is 0 Å².